The second-order valence-electron chi connectivity index (χ2n) is 4.10. The van der Waals surface area contributed by atoms with Crippen molar-refractivity contribution >= 4 is 5.97 Å². The van der Waals surface area contributed by atoms with E-state index in [2.05, 4.69) is 25.1 Å². The molecule has 0 amide bonds. The minimum absolute atomic E-state index is 0.0839. The van der Waals surface area contributed by atoms with E-state index in [1.54, 1.807) is 0 Å². The molecule has 0 radical (unpaired) electrons. The summed E-state index contributed by atoms with van der Waals surface area (Å²) in [5, 5.41) is 12.7. The summed E-state index contributed by atoms with van der Waals surface area (Å²) in [6.07, 6.45) is 6.21. The Morgan fingerprint density at radius 3 is 2.95 bits per heavy atom. The minimum Gasteiger partial charge on any atom is -0.476 e. The molecule has 1 N–H and O–H groups in total. The third kappa shape index (κ3) is 2.36. The number of aromatic carboxylic acids is 1. The van der Waals surface area contributed by atoms with Gasteiger partial charge in [0.05, 0.1) is 0 Å². The summed E-state index contributed by atoms with van der Waals surface area (Å²) in [6, 6.07) is 0. The van der Waals surface area contributed by atoms with Gasteiger partial charge in [-0.2, -0.15) is 4.98 Å². The van der Waals surface area contributed by atoms with E-state index in [0.29, 0.717) is 23.6 Å². The number of hydrogen-bond acceptors (Lipinski definition) is 7. The molecule has 0 aliphatic rings. The van der Waals surface area contributed by atoms with Crippen molar-refractivity contribution in [1.29, 1.82) is 0 Å². The Labute approximate surface area is 118 Å². The molecule has 0 atom stereocenters. The van der Waals surface area contributed by atoms with E-state index in [1.807, 2.05) is 6.92 Å². The lowest BCUT2D eigenvalue weighted by Crippen LogP contribution is -2.00. The number of aryl methyl sites for hydroxylation is 1. The minimum atomic E-state index is -1.12. The van der Waals surface area contributed by atoms with Crippen LogP contribution in [0.25, 0.3) is 17.3 Å². The molecular formula is C12H10N6O3. The van der Waals surface area contributed by atoms with Crippen LogP contribution in [0.5, 0.6) is 0 Å². The Hall–Kier alpha value is -3.10. The van der Waals surface area contributed by atoms with Crippen LogP contribution in [-0.4, -0.2) is 40.7 Å². The van der Waals surface area contributed by atoms with Gasteiger partial charge in [-0.05, 0) is 0 Å². The number of rotatable bonds is 4. The summed E-state index contributed by atoms with van der Waals surface area (Å²) in [5.74, 6) is 0.136. The van der Waals surface area contributed by atoms with Gasteiger partial charge in [-0.3, -0.25) is 4.57 Å². The zero-order chi connectivity index (χ0) is 14.8. The molecule has 0 aliphatic carbocycles. The SMILES string of the molecule is CCc1noc(-c2cncnc2-n2cnc(C(=O)O)c2)n1. The molecule has 9 heteroatoms. The molecule has 0 aromatic carbocycles. The number of carboxylic acids is 1. The summed E-state index contributed by atoms with van der Waals surface area (Å²) in [7, 11) is 0. The average molecular weight is 286 g/mol. The molecule has 0 saturated heterocycles. The van der Waals surface area contributed by atoms with Crippen LogP contribution in [0.4, 0.5) is 0 Å². The summed E-state index contributed by atoms with van der Waals surface area (Å²) in [6.45, 7) is 1.91. The molecule has 3 heterocycles. The maximum absolute atomic E-state index is 10.9. The Balaban J connectivity index is 2.08. The Kier molecular flexibility index (Phi) is 3.14. The summed E-state index contributed by atoms with van der Waals surface area (Å²) in [4.78, 5) is 27.0. The molecule has 21 heavy (non-hydrogen) atoms. The smallest absolute Gasteiger partial charge is 0.356 e. The van der Waals surface area contributed by atoms with Crippen molar-refractivity contribution < 1.29 is 14.4 Å². The van der Waals surface area contributed by atoms with Crippen LogP contribution in [-0.2, 0) is 6.42 Å². The van der Waals surface area contributed by atoms with Gasteiger partial charge in [0.25, 0.3) is 5.89 Å². The van der Waals surface area contributed by atoms with E-state index in [-0.39, 0.29) is 11.6 Å². The number of hydrogen-bond donors (Lipinski definition) is 1. The first-order valence-corrected chi connectivity index (χ1v) is 6.09. The third-order valence-electron chi connectivity index (χ3n) is 2.75. The Bertz CT molecular complexity index is 794. The lowest BCUT2D eigenvalue weighted by Gasteiger charge is -2.03. The van der Waals surface area contributed by atoms with Crippen molar-refractivity contribution in [3.63, 3.8) is 0 Å². The number of aromatic nitrogens is 6. The van der Waals surface area contributed by atoms with Gasteiger partial charge in [0, 0.05) is 18.8 Å². The predicted molar refractivity (Wildman–Crippen MR) is 68.8 cm³/mol. The van der Waals surface area contributed by atoms with Crippen LogP contribution in [0.1, 0.15) is 23.2 Å². The van der Waals surface area contributed by atoms with Gasteiger partial charge in [0.1, 0.15) is 18.2 Å². The maximum Gasteiger partial charge on any atom is 0.356 e. The van der Waals surface area contributed by atoms with Gasteiger partial charge in [-0.1, -0.05) is 12.1 Å². The van der Waals surface area contributed by atoms with Crippen molar-refractivity contribution in [3.8, 4) is 17.3 Å². The first kappa shape index (κ1) is 12.9. The van der Waals surface area contributed by atoms with Crippen LogP contribution >= 0.6 is 0 Å². The average Bonchev–Trinajstić information content (AvgIpc) is 3.16. The molecule has 0 spiro atoms. The van der Waals surface area contributed by atoms with E-state index in [9.17, 15) is 4.79 Å². The monoisotopic (exact) mass is 286 g/mol. The lowest BCUT2D eigenvalue weighted by molar-refractivity contribution is 0.0691. The van der Waals surface area contributed by atoms with Gasteiger partial charge in [0.15, 0.2) is 17.3 Å². The Morgan fingerprint density at radius 2 is 2.29 bits per heavy atom. The first-order chi connectivity index (χ1) is 10.2. The molecule has 106 valence electrons. The number of nitrogens with zero attached hydrogens (tertiary/aromatic N) is 6. The molecule has 0 fully saturated rings. The van der Waals surface area contributed by atoms with E-state index >= 15 is 0 Å². The second kappa shape index (κ2) is 5.12. The van der Waals surface area contributed by atoms with E-state index in [0.717, 1.165) is 0 Å². The molecule has 0 unspecified atom stereocenters. The number of carbonyl (C=O) groups is 1. The predicted octanol–water partition coefficient (Wildman–Crippen LogP) is 0.973. The van der Waals surface area contributed by atoms with E-state index < -0.39 is 5.97 Å². The van der Waals surface area contributed by atoms with Crippen molar-refractivity contribution in [2.24, 2.45) is 0 Å². The molecule has 3 rings (SSSR count). The van der Waals surface area contributed by atoms with Gasteiger partial charge < -0.3 is 9.63 Å². The lowest BCUT2D eigenvalue weighted by atomic mass is 10.3. The number of imidazole rings is 1. The van der Waals surface area contributed by atoms with Gasteiger partial charge in [-0.25, -0.2) is 19.7 Å². The first-order valence-electron chi connectivity index (χ1n) is 6.09. The summed E-state index contributed by atoms with van der Waals surface area (Å²) in [5.41, 5.74) is 0.415. The molecule has 3 aromatic rings. The molecule has 9 nitrogen and oxygen atoms in total. The largest absolute Gasteiger partial charge is 0.476 e. The molecule has 0 aliphatic heterocycles. The van der Waals surface area contributed by atoms with E-state index in [4.69, 9.17) is 9.63 Å². The molecule has 0 saturated carbocycles. The van der Waals surface area contributed by atoms with Crippen LogP contribution in [0.2, 0.25) is 0 Å². The highest BCUT2D eigenvalue weighted by atomic mass is 16.5. The highest BCUT2D eigenvalue weighted by Crippen LogP contribution is 2.22. The summed E-state index contributed by atoms with van der Waals surface area (Å²) >= 11 is 0. The van der Waals surface area contributed by atoms with Crippen LogP contribution in [0.15, 0.2) is 29.6 Å². The topological polar surface area (TPSA) is 120 Å². The number of carboxylic acid groups (broad SMARTS) is 1. The van der Waals surface area contributed by atoms with Gasteiger partial charge in [0.2, 0.25) is 0 Å². The van der Waals surface area contributed by atoms with Crippen molar-refractivity contribution in [2.75, 3.05) is 0 Å². The molecule has 3 aromatic heterocycles. The highest BCUT2D eigenvalue weighted by Gasteiger charge is 2.17. The normalized spacial score (nSPS) is 10.7. The van der Waals surface area contributed by atoms with Gasteiger partial charge >= 0.3 is 5.97 Å². The zero-order valence-electron chi connectivity index (χ0n) is 11.0. The molecule has 0 bridgehead atoms. The van der Waals surface area contributed by atoms with Crippen molar-refractivity contribution in [2.45, 2.75) is 13.3 Å². The van der Waals surface area contributed by atoms with Crippen LogP contribution in [0.3, 0.4) is 0 Å². The van der Waals surface area contributed by atoms with Crippen molar-refractivity contribution in [1.82, 2.24) is 29.7 Å². The highest BCUT2D eigenvalue weighted by molar-refractivity contribution is 5.85. The zero-order valence-corrected chi connectivity index (χ0v) is 11.0. The Morgan fingerprint density at radius 1 is 1.43 bits per heavy atom. The third-order valence-corrected chi connectivity index (χ3v) is 2.75. The second-order valence-corrected chi connectivity index (χ2v) is 4.10. The van der Waals surface area contributed by atoms with Crippen LogP contribution in [0, 0.1) is 0 Å². The fourth-order valence-electron chi connectivity index (χ4n) is 1.74. The fraction of sp³-hybridized carbons (Fsp3) is 0.167. The van der Waals surface area contributed by atoms with Crippen LogP contribution < -0.4 is 0 Å². The fourth-order valence-corrected chi connectivity index (χ4v) is 1.74. The van der Waals surface area contributed by atoms with Crippen molar-refractivity contribution in [3.05, 3.63) is 36.6 Å². The molecular weight excluding hydrogens is 276 g/mol. The summed E-state index contributed by atoms with van der Waals surface area (Å²) < 4.78 is 6.64. The van der Waals surface area contributed by atoms with E-state index in [1.165, 1.54) is 29.6 Å². The maximum atomic E-state index is 10.9. The quantitative estimate of drug-likeness (QED) is 0.753. The van der Waals surface area contributed by atoms with Gasteiger partial charge in [-0.15, -0.1) is 0 Å². The standard InChI is InChI=1S/C12H10N6O3/c1-2-9-16-11(21-17-9)7-3-13-5-14-10(7)18-4-8(12(19)20)15-6-18/h3-6H,2H2,1H3,(H,19,20).